The summed E-state index contributed by atoms with van der Waals surface area (Å²) < 4.78 is 13.7. The number of azide groups is 1. The minimum absolute atomic E-state index is 0.0495. The molecule has 0 N–H and O–H groups in total. The van der Waals surface area contributed by atoms with E-state index < -0.39 is 0 Å². The number of rotatable bonds is 5. The van der Waals surface area contributed by atoms with E-state index in [4.69, 9.17) is 5.53 Å². The highest BCUT2D eigenvalue weighted by Crippen LogP contribution is 2.15. The highest BCUT2D eigenvalue weighted by Gasteiger charge is 2.04. The van der Waals surface area contributed by atoms with Gasteiger partial charge in [-0.15, -0.1) is 11.3 Å². The highest BCUT2D eigenvalue weighted by atomic mass is 32.1. The van der Waals surface area contributed by atoms with Crippen LogP contribution in [0.1, 0.15) is 21.8 Å². The normalized spacial score (nSPS) is 10.2. The van der Waals surface area contributed by atoms with Crippen LogP contribution in [0.2, 0.25) is 0 Å². The Labute approximate surface area is 114 Å². The molecule has 1 heterocycles. The van der Waals surface area contributed by atoms with Gasteiger partial charge in [0, 0.05) is 10.3 Å². The zero-order valence-corrected chi connectivity index (χ0v) is 11.3. The standard InChI is InChI=1S/C13H13FN4S/c1-9-17-12(8-19-9)5-3-10-2-4-11(7-16-18-15)13(14)6-10/h2,4,6,8H,3,5,7H2,1H3. The summed E-state index contributed by atoms with van der Waals surface area (Å²) in [7, 11) is 0. The lowest BCUT2D eigenvalue weighted by atomic mass is 10.1. The quantitative estimate of drug-likeness (QED) is 0.459. The van der Waals surface area contributed by atoms with Crippen LogP contribution < -0.4 is 0 Å². The van der Waals surface area contributed by atoms with Crippen molar-refractivity contribution in [2.75, 3.05) is 0 Å². The molecule has 0 aliphatic heterocycles. The average molecular weight is 276 g/mol. The lowest BCUT2D eigenvalue weighted by molar-refractivity contribution is 0.607. The summed E-state index contributed by atoms with van der Waals surface area (Å²) in [5, 5.41) is 6.44. The molecule has 0 radical (unpaired) electrons. The lowest BCUT2D eigenvalue weighted by Gasteiger charge is -2.03. The number of nitrogens with zero attached hydrogens (tertiary/aromatic N) is 4. The van der Waals surface area contributed by atoms with Crippen molar-refractivity contribution < 1.29 is 4.39 Å². The molecule has 0 fully saturated rings. The van der Waals surface area contributed by atoms with Gasteiger partial charge in [-0.25, -0.2) is 9.37 Å². The van der Waals surface area contributed by atoms with Gasteiger partial charge in [-0.1, -0.05) is 17.2 Å². The number of hydrogen-bond donors (Lipinski definition) is 0. The van der Waals surface area contributed by atoms with Crippen molar-refractivity contribution in [2.45, 2.75) is 26.3 Å². The van der Waals surface area contributed by atoms with Crippen molar-refractivity contribution >= 4 is 11.3 Å². The summed E-state index contributed by atoms with van der Waals surface area (Å²) in [5.74, 6) is -0.320. The van der Waals surface area contributed by atoms with Gasteiger partial charge >= 0.3 is 0 Å². The highest BCUT2D eigenvalue weighted by molar-refractivity contribution is 7.09. The monoisotopic (exact) mass is 276 g/mol. The van der Waals surface area contributed by atoms with E-state index in [0.29, 0.717) is 5.56 Å². The van der Waals surface area contributed by atoms with Gasteiger partial charge in [0.1, 0.15) is 5.82 Å². The Balaban J connectivity index is 2.01. The van der Waals surface area contributed by atoms with Gasteiger partial charge in [0.15, 0.2) is 0 Å². The SMILES string of the molecule is Cc1nc(CCc2ccc(CN=[N+]=[N-])c(F)c2)cs1. The van der Waals surface area contributed by atoms with Crippen LogP contribution in [0.25, 0.3) is 10.4 Å². The second kappa shape index (κ2) is 6.31. The van der Waals surface area contributed by atoms with E-state index in [1.807, 2.05) is 18.4 Å². The second-order valence-electron chi connectivity index (χ2n) is 4.17. The van der Waals surface area contributed by atoms with Crippen LogP contribution in [0.15, 0.2) is 28.7 Å². The van der Waals surface area contributed by atoms with Crippen LogP contribution in [0.3, 0.4) is 0 Å². The third-order valence-corrected chi connectivity index (χ3v) is 3.58. The van der Waals surface area contributed by atoms with Crippen LogP contribution in [-0.4, -0.2) is 4.98 Å². The van der Waals surface area contributed by atoms with Gasteiger partial charge in [0.05, 0.1) is 17.2 Å². The zero-order valence-electron chi connectivity index (χ0n) is 10.5. The Morgan fingerprint density at radius 1 is 1.42 bits per heavy atom. The van der Waals surface area contributed by atoms with E-state index in [0.717, 1.165) is 29.1 Å². The first-order valence-corrected chi connectivity index (χ1v) is 6.76. The zero-order chi connectivity index (χ0) is 13.7. The number of hydrogen-bond acceptors (Lipinski definition) is 3. The van der Waals surface area contributed by atoms with Crippen molar-refractivity contribution in [3.8, 4) is 0 Å². The van der Waals surface area contributed by atoms with Gasteiger partial charge in [0.25, 0.3) is 0 Å². The molecule has 6 heteroatoms. The average Bonchev–Trinajstić information content (AvgIpc) is 2.81. The molecule has 0 aliphatic carbocycles. The second-order valence-corrected chi connectivity index (χ2v) is 5.23. The fraction of sp³-hybridized carbons (Fsp3) is 0.308. The predicted molar refractivity (Wildman–Crippen MR) is 73.5 cm³/mol. The van der Waals surface area contributed by atoms with Crippen molar-refractivity contribution in [3.63, 3.8) is 0 Å². The third kappa shape index (κ3) is 3.77. The summed E-state index contributed by atoms with van der Waals surface area (Å²) in [6.07, 6.45) is 1.56. The Hall–Kier alpha value is -1.91. The molecule has 1 aromatic carbocycles. The first-order chi connectivity index (χ1) is 9.19. The van der Waals surface area contributed by atoms with E-state index in [2.05, 4.69) is 15.0 Å². The molecule has 0 aliphatic rings. The van der Waals surface area contributed by atoms with Crippen LogP contribution in [-0.2, 0) is 19.4 Å². The van der Waals surface area contributed by atoms with Gasteiger partial charge in [0.2, 0.25) is 0 Å². The largest absolute Gasteiger partial charge is 0.247 e. The van der Waals surface area contributed by atoms with Crippen LogP contribution >= 0.6 is 11.3 Å². The molecular formula is C13H13FN4S. The molecule has 2 rings (SSSR count). The molecule has 0 spiro atoms. The molecule has 0 unspecified atom stereocenters. The minimum Gasteiger partial charge on any atom is -0.247 e. The Kier molecular flexibility index (Phi) is 4.49. The molecule has 4 nitrogen and oxygen atoms in total. The minimum atomic E-state index is -0.320. The summed E-state index contributed by atoms with van der Waals surface area (Å²) in [6, 6.07) is 5.04. The van der Waals surface area contributed by atoms with E-state index in [-0.39, 0.29) is 12.4 Å². The molecular weight excluding hydrogens is 263 g/mol. The van der Waals surface area contributed by atoms with Gasteiger partial charge in [-0.2, -0.15) is 0 Å². The molecule has 98 valence electrons. The number of benzene rings is 1. The number of halogens is 1. The van der Waals surface area contributed by atoms with Crippen molar-refractivity contribution in [3.05, 3.63) is 61.7 Å². The molecule has 0 bridgehead atoms. The number of aromatic nitrogens is 1. The summed E-state index contributed by atoms with van der Waals surface area (Å²) in [6.45, 7) is 2.02. The van der Waals surface area contributed by atoms with E-state index in [1.54, 1.807) is 17.4 Å². The third-order valence-electron chi connectivity index (χ3n) is 2.76. The van der Waals surface area contributed by atoms with Gasteiger partial charge < -0.3 is 0 Å². The lowest BCUT2D eigenvalue weighted by Crippen LogP contribution is -1.95. The predicted octanol–water partition coefficient (Wildman–Crippen LogP) is 4.19. The molecule has 19 heavy (non-hydrogen) atoms. The fourth-order valence-corrected chi connectivity index (χ4v) is 2.42. The molecule has 1 aromatic heterocycles. The summed E-state index contributed by atoms with van der Waals surface area (Å²) >= 11 is 1.62. The topological polar surface area (TPSA) is 61.7 Å². The molecule has 0 saturated carbocycles. The summed E-state index contributed by atoms with van der Waals surface area (Å²) in [5.41, 5.74) is 10.6. The number of thiazole rings is 1. The van der Waals surface area contributed by atoms with Gasteiger partial charge in [-0.3, -0.25) is 0 Å². The van der Waals surface area contributed by atoms with Crippen molar-refractivity contribution in [1.82, 2.24) is 4.98 Å². The Morgan fingerprint density at radius 2 is 2.26 bits per heavy atom. The molecule has 0 saturated heterocycles. The van der Waals surface area contributed by atoms with Gasteiger partial charge in [-0.05, 0) is 42.5 Å². The maximum atomic E-state index is 13.7. The first kappa shape index (κ1) is 13.5. The smallest absolute Gasteiger partial charge is 0.126 e. The van der Waals surface area contributed by atoms with E-state index in [1.165, 1.54) is 6.07 Å². The first-order valence-electron chi connectivity index (χ1n) is 5.88. The Morgan fingerprint density at radius 3 is 2.89 bits per heavy atom. The van der Waals surface area contributed by atoms with Crippen LogP contribution in [0.5, 0.6) is 0 Å². The van der Waals surface area contributed by atoms with E-state index in [9.17, 15) is 4.39 Å². The van der Waals surface area contributed by atoms with E-state index >= 15 is 0 Å². The number of aryl methyl sites for hydroxylation is 3. The molecule has 0 atom stereocenters. The maximum Gasteiger partial charge on any atom is 0.126 e. The summed E-state index contributed by atoms with van der Waals surface area (Å²) in [4.78, 5) is 7.00. The fourth-order valence-electron chi connectivity index (χ4n) is 1.78. The van der Waals surface area contributed by atoms with Crippen LogP contribution in [0, 0.1) is 12.7 Å². The van der Waals surface area contributed by atoms with Crippen molar-refractivity contribution in [2.24, 2.45) is 5.11 Å². The Bertz CT molecular complexity index is 617. The van der Waals surface area contributed by atoms with Crippen molar-refractivity contribution in [1.29, 1.82) is 0 Å². The van der Waals surface area contributed by atoms with Crippen LogP contribution in [0.4, 0.5) is 4.39 Å². The molecule has 2 aromatic rings. The maximum absolute atomic E-state index is 13.7. The molecule has 0 amide bonds.